The average Bonchev–Trinajstić information content (AvgIpc) is 2.14. The number of rotatable bonds is 1. The molecule has 1 aromatic rings. The standard InChI is InChI=1S/C4H7N3S/c1-3-4(2-5)8-7-6-3/h2,5H2,1H3. The number of nitrogens with zero attached hydrogens (tertiary/aromatic N) is 2. The van der Waals surface area contributed by atoms with Crippen LogP contribution in [0.5, 0.6) is 0 Å². The van der Waals surface area contributed by atoms with Crippen molar-refractivity contribution >= 4 is 11.5 Å². The van der Waals surface area contributed by atoms with E-state index in [1.165, 1.54) is 11.5 Å². The van der Waals surface area contributed by atoms with Crippen molar-refractivity contribution < 1.29 is 0 Å². The van der Waals surface area contributed by atoms with Gasteiger partial charge in [0.1, 0.15) is 0 Å². The van der Waals surface area contributed by atoms with Crippen molar-refractivity contribution in [3.63, 3.8) is 0 Å². The van der Waals surface area contributed by atoms with Crippen molar-refractivity contribution in [1.82, 2.24) is 9.59 Å². The summed E-state index contributed by atoms with van der Waals surface area (Å²) in [5, 5.41) is 3.78. The zero-order valence-electron chi connectivity index (χ0n) is 4.59. The van der Waals surface area contributed by atoms with Crippen molar-refractivity contribution in [3.05, 3.63) is 10.6 Å². The zero-order valence-corrected chi connectivity index (χ0v) is 5.40. The molecular weight excluding hydrogens is 122 g/mol. The van der Waals surface area contributed by atoms with Crippen LogP contribution in [-0.2, 0) is 6.54 Å². The van der Waals surface area contributed by atoms with Crippen molar-refractivity contribution in [2.24, 2.45) is 5.73 Å². The van der Waals surface area contributed by atoms with Gasteiger partial charge in [-0.1, -0.05) is 4.49 Å². The molecule has 0 bridgehead atoms. The van der Waals surface area contributed by atoms with Gasteiger partial charge in [-0.15, -0.1) is 5.10 Å². The monoisotopic (exact) mass is 129 g/mol. The van der Waals surface area contributed by atoms with E-state index in [1.54, 1.807) is 0 Å². The maximum absolute atomic E-state index is 5.33. The lowest BCUT2D eigenvalue weighted by Gasteiger charge is -1.83. The molecule has 1 heterocycles. The van der Waals surface area contributed by atoms with Crippen LogP contribution in [0.3, 0.4) is 0 Å². The number of nitrogens with two attached hydrogens (primary N) is 1. The Bertz CT molecular complexity index is 172. The molecule has 0 amide bonds. The fraction of sp³-hybridized carbons (Fsp3) is 0.500. The van der Waals surface area contributed by atoms with E-state index in [-0.39, 0.29) is 0 Å². The summed E-state index contributed by atoms with van der Waals surface area (Å²) in [5.74, 6) is 0. The summed E-state index contributed by atoms with van der Waals surface area (Å²) in [5.41, 5.74) is 6.28. The van der Waals surface area contributed by atoms with Gasteiger partial charge in [0.15, 0.2) is 0 Å². The predicted molar refractivity (Wildman–Crippen MR) is 32.5 cm³/mol. The van der Waals surface area contributed by atoms with E-state index in [0.29, 0.717) is 6.54 Å². The number of aryl methyl sites for hydroxylation is 1. The molecule has 0 aliphatic heterocycles. The summed E-state index contributed by atoms with van der Waals surface area (Å²) >= 11 is 1.36. The molecule has 0 spiro atoms. The van der Waals surface area contributed by atoms with Crippen LogP contribution in [0, 0.1) is 6.92 Å². The molecule has 0 aliphatic carbocycles. The average molecular weight is 129 g/mol. The fourth-order valence-electron chi connectivity index (χ4n) is 0.438. The topological polar surface area (TPSA) is 51.8 Å². The van der Waals surface area contributed by atoms with E-state index in [9.17, 15) is 0 Å². The lowest BCUT2D eigenvalue weighted by molar-refractivity contribution is 1.03. The minimum Gasteiger partial charge on any atom is -0.326 e. The van der Waals surface area contributed by atoms with Gasteiger partial charge in [0.05, 0.1) is 10.6 Å². The first-order valence-corrected chi connectivity index (χ1v) is 3.10. The molecule has 0 saturated heterocycles. The summed E-state index contributed by atoms with van der Waals surface area (Å²) in [4.78, 5) is 1.07. The second-order valence-electron chi connectivity index (χ2n) is 1.49. The Labute approximate surface area is 51.7 Å². The third-order valence-corrected chi connectivity index (χ3v) is 1.78. The largest absolute Gasteiger partial charge is 0.326 e. The Kier molecular flexibility index (Phi) is 1.55. The maximum atomic E-state index is 5.33. The molecule has 8 heavy (non-hydrogen) atoms. The Morgan fingerprint density at radius 3 is 2.75 bits per heavy atom. The summed E-state index contributed by atoms with van der Waals surface area (Å²) in [6, 6.07) is 0. The first-order valence-electron chi connectivity index (χ1n) is 2.32. The molecule has 4 heteroatoms. The van der Waals surface area contributed by atoms with Gasteiger partial charge in [-0.2, -0.15) is 0 Å². The molecule has 3 nitrogen and oxygen atoms in total. The van der Waals surface area contributed by atoms with E-state index in [1.807, 2.05) is 6.92 Å². The molecule has 0 fully saturated rings. The molecule has 1 aromatic heterocycles. The van der Waals surface area contributed by atoms with Crippen LogP contribution in [-0.4, -0.2) is 9.59 Å². The highest BCUT2D eigenvalue weighted by atomic mass is 32.1. The highest BCUT2D eigenvalue weighted by Gasteiger charge is 1.96. The number of aromatic nitrogens is 2. The fourth-order valence-corrected chi connectivity index (χ4v) is 0.947. The normalized spacial score (nSPS) is 9.75. The highest BCUT2D eigenvalue weighted by molar-refractivity contribution is 7.05. The quantitative estimate of drug-likeness (QED) is 0.593. The zero-order chi connectivity index (χ0) is 5.98. The molecule has 0 aromatic carbocycles. The van der Waals surface area contributed by atoms with Crippen LogP contribution in [0.25, 0.3) is 0 Å². The SMILES string of the molecule is Cc1nnsc1CN. The van der Waals surface area contributed by atoms with Gasteiger partial charge in [0.2, 0.25) is 0 Å². The molecule has 44 valence electrons. The van der Waals surface area contributed by atoms with Gasteiger partial charge in [0.25, 0.3) is 0 Å². The molecule has 2 N–H and O–H groups in total. The molecular formula is C4H7N3S. The Morgan fingerprint density at radius 2 is 2.50 bits per heavy atom. The van der Waals surface area contributed by atoms with Crippen molar-refractivity contribution in [3.8, 4) is 0 Å². The molecule has 1 rings (SSSR count). The second kappa shape index (κ2) is 2.19. The first kappa shape index (κ1) is 5.65. The van der Waals surface area contributed by atoms with Crippen LogP contribution in [0.4, 0.5) is 0 Å². The second-order valence-corrected chi connectivity index (χ2v) is 2.32. The minimum atomic E-state index is 0.559. The van der Waals surface area contributed by atoms with Crippen molar-refractivity contribution in [2.75, 3.05) is 0 Å². The van der Waals surface area contributed by atoms with Crippen molar-refractivity contribution in [1.29, 1.82) is 0 Å². The van der Waals surface area contributed by atoms with Gasteiger partial charge in [-0.05, 0) is 18.5 Å². The van der Waals surface area contributed by atoms with Gasteiger partial charge in [0, 0.05) is 6.54 Å². The van der Waals surface area contributed by atoms with E-state index in [2.05, 4.69) is 9.59 Å². The maximum Gasteiger partial charge on any atom is 0.0769 e. The van der Waals surface area contributed by atoms with Crippen LogP contribution in [0.1, 0.15) is 10.6 Å². The minimum absolute atomic E-state index is 0.559. The van der Waals surface area contributed by atoms with Gasteiger partial charge >= 0.3 is 0 Å². The lowest BCUT2D eigenvalue weighted by Crippen LogP contribution is -1.94. The third-order valence-electron chi connectivity index (χ3n) is 0.931. The Balaban J connectivity index is 2.92. The molecule has 0 atom stereocenters. The third kappa shape index (κ3) is 0.850. The summed E-state index contributed by atoms with van der Waals surface area (Å²) in [6.45, 7) is 2.47. The van der Waals surface area contributed by atoms with E-state index < -0.39 is 0 Å². The number of hydrogen-bond donors (Lipinski definition) is 1. The van der Waals surface area contributed by atoms with Crippen LogP contribution in [0.2, 0.25) is 0 Å². The van der Waals surface area contributed by atoms with Crippen LogP contribution >= 0.6 is 11.5 Å². The van der Waals surface area contributed by atoms with E-state index >= 15 is 0 Å². The Morgan fingerprint density at radius 1 is 1.75 bits per heavy atom. The molecule has 0 aliphatic rings. The molecule has 0 unspecified atom stereocenters. The predicted octanol–water partition coefficient (Wildman–Crippen LogP) is 0.305. The van der Waals surface area contributed by atoms with E-state index in [0.717, 1.165) is 10.6 Å². The smallest absolute Gasteiger partial charge is 0.0769 e. The molecule has 0 saturated carbocycles. The van der Waals surface area contributed by atoms with Crippen LogP contribution < -0.4 is 5.73 Å². The summed E-state index contributed by atoms with van der Waals surface area (Å²) < 4.78 is 3.70. The van der Waals surface area contributed by atoms with Gasteiger partial charge < -0.3 is 5.73 Å². The Hall–Kier alpha value is -0.480. The summed E-state index contributed by atoms with van der Waals surface area (Å²) in [6.07, 6.45) is 0. The lowest BCUT2D eigenvalue weighted by atomic mass is 10.4. The van der Waals surface area contributed by atoms with Crippen molar-refractivity contribution in [2.45, 2.75) is 13.5 Å². The highest BCUT2D eigenvalue weighted by Crippen LogP contribution is 2.05. The number of hydrogen-bond acceptors (Lipinski definition) is 4. The molecule has 0 radical (unpaired) electrons. The van der Waals surface area contributed by atoms with Gasteiger partial charge in [-0.3, -0.25) is 0 Å². The first-order chi connectivity index (χ1) is 3.84. The van der Waals surface area contributed by atoms with Gasteiger partial charge in [-0.25, -0.2) is 0 Å². The van der Waals surface area contributed by atoms with Crippen LogP contribution in [0.15, 0.2) is 0 Å². The van der Waals surface area contributed by atoms with E-state index in [4.69, 9.17) is 5.73 Å². The summed E-state index contributed by atoms with van der Waals surface area (Å²) in [7, 11) is 0.